The molecule has 0 bridgehead atoms. The van der Waals surface area contributed by atoms with Crippen molar-refractivity contribution in [3.05, 3.63) is 23.8 Å². The summed E-state index contributed by atoms with van der Waals surface area (Å²) in [6.07, 6.45) is 16.2. The van der Waals surface area contributed by atoms with E-state index in [2.05, 4.69) is 32.4 Å². The molecule has 4 aliphatic rings. The van der Waals surface area contributed by atoms with Crippen molar-refractivity contribution in [3.63, 3.8) is 0 Å². The van der Waals surface area contributed by atoms with Crippen LogP contribution in [0, 0.1) is 47.3 Å². The highest BCUT2D eigenvalue weighted by Crippen LogP contribution is 2.66. The Morgan fingerprint density at radius 2 is 2.17 bits per heavy atom. The summed E-state index contributed by atoms with van der Waals surface area (Å²) in [7, 11) is 0. The fourth-order valence-corrected chi connectivity index (χ4v) is 6.94. The number of fused-ring (bicyclic) bond motifs is 5. The monoisotopic (exact) mass is 310 g/mol. The van der Waals surface area contributed by atoms with Crippen molar-refractivity contribution in [1.82, 2.24) is 0 Å². The zero-order valence-corrected chi connectivity index (χ0v) is 14.6. The summed E-state index contributed by atoms with van der Waals surface area (Å²) in [6.45, 7) is 9.19. The van der Waals surface area contributed by atoms with E-state index in [0.717, 1.165) is 25.2 Å². The average Bonchev–Trinajstić information content (AvgIpc) is 2.79. The van der Waals surface area contributed by atoms with Crippen LogP contribution in [0.5, 0.6) is 0 Å². The third-order valence-electron chi connectivity index (χ3n) is 8.01. The first kappa shape index (κ1) is 15.5. The van der Waals surface area contributed by atoms with Crippen LogP contribution in [0.3, 0.4) is 0 Å². The molecule has 0 aromatic carbocycles. The van der Waals surface area contributed by atoms with E-state index >= 15 is 0 Å². The van der Waals surface area contributed by atoms with Gasteiger partial charge >= 0.3 is 0 Å². The van der Waals surface area contributed by atoms with Gasteiger partial charge in [0.15, 0.2) is 0 Å². The van der Waals surface area contributed by atoms with Crippen LogP contribution in [0.1, 0.15) is 58.8 Å². The van der Waals surface area contributed by atoms with Crippen molar-refractivity contribution in [1.29, 1.82) is 0 Å². The molecule has 0 radical (unpaired) electrons. The summed E-state index contributed by atoms with van der Waals surface area (Å²) in [4.78, 5) is 0. The van der Waals surface area contributed by atoms with Crippen molar-refractivity contribution in [2.75, 3.05) is 0 Å². The molecular weight excluding hydrogens is 280 g/mol. The molecule has 3 saturated carbocycles. The Hall–Kier alpha value is -1.00. The molecule has 0 saturated heterocycles. The molecule has 3 fully saturated rings. The molecule has 0 spiro atoms. The molecule has 0 amide bonds. The van der Waals surface area contributed by atoms with Crippen LogP contribution < -0.4 is 0 Å². The normalized spacial score (nSPS) is 52.0. The molecule has 0 aliphatic heterocycles. The third kappa shape index (κ3) is 1.91. The second-order valence-electron chi connectivity index (χ2n) is 9.00. The van der Waals surface area contributed by atoms with Crippen LogP contribution in [0.25, 0.3) is 0 Å². The van der Waals surface area contributed by atoms with Crippen molar-refractivity contribution in [2.45, 2.75) is 64.4 Å². The molecule has 0 aromatic rings. The lowest BCUT2D eigenvalue weighted by molar-refractivity contribution is -0.0757. The lowest BCUT2D eigenvalue weighted by Gasteiger charge is -2.57. The van der Waals surface area contributed by atoms with E-state index in [9.17, 15) is 5.11 Å². The van der Waals surface area contributed by atoms with Gasteiger partial charge in [0.2, 0.25) is 0 Å². The van der Waals surface area contributed by atoms with Crippen LogP contribution in [0.2, 0.25) is 0 Å². The largest absolute Gasteiger partial charge is 0.377 e. The highest BCUT2D eigenvalue weighted by Gasteiger charge is 2.63. The van der Waals surface area contributed by atoms with Gasteiger partial charge in [-0.2, -0.15) is 0 Å². The van der Waals surface area contributed by atoms with Gasteiger partial charge in [0, 0.05) is 5.41 Å². The Morgan fingerprint density at radius 3 is 2.91 bits per heavy atom. The number of aliphatic hydroxyl groups is 1. The quantitative estimate of drug-likeness (QED) is 0.507. The summed E-state index contributed by atoms with van der Waals surface area (Å²) in [6, 6.07) is 0. The smallest absolute Gasteiger partial charge is 0.131 e. The molecule has 23 heavy (non-hydrogen) atoms. The van der Waals surface area contributed by atoms with Gasteiger partial charge in [-0.1, -0.05) is 43.6 Å². The first-order valence-corrected chi connectivity index (χ1v) is 9.48. The van der Waals surface area contributed by atoms with Crippen molar-refractivity contribution >= 4 is 0 Å². The third-order valence-corrected chi connectivity index (χ3v) is 8.01. The minimum Gasteiger partial charge on any atom is -0.377 e. The van der Waals surface area contributed by atoms with Gasteiger partial charge in [-0.3, -0.25) is 0 Å². The van der Waals surface area contributed by atoms with Gasteiger partial charge in [0.1, 0.15) is 5.60 Å². The highest BCUT2D eigenvalue weighted by molar-refractivity contribution is 5.32. The zero-order chi connectivity index (χ0) is 16.4. The van der Waals surface area contributed by atoms with Crippen LogP contribution in [0.4, 0.5) is 0 Å². The lowest BCUT2D eigenvalue weighted by Crippen LogP contribution is -2.54. The highest BCUT2D eigenvalue weighted by atomic mass is 16.3. The second-order valence-corrected chi connectivity index (χ2v) is 9.00. The molecule has 7 atom stereocenters. The molecule has 4 rings (SSSR count). The first-order valence-electron chi connectivity index (χ1n) is 9.48. The Bertz CT molecular complexity index is 608. The number of hydrogen-bond donors (Lipinski definition) is 1. The van der Waals surface area contributed by atoms with E-state index in [1.54, 1.807) is 5.57 Å². The van der Waals surface area contributed by atoms with Gasteiger partial charge in [-0.25, -0.2) is 0 Å². The maximum atomic E-state index is 11.1. The van der Waals surface area contributed by atoms with Crippen LogP contribution in [0.15, 0.2) is 23.8 Å². The average molecular weight is 310 g/mol. The summed E-state index contributed by atoms with van der Waals surface area (Å²) in [5, 5.41) is 11.1. The molecule has 124 valence electrons. The van der Waals surface area contributed by atoms with E-state index in [0.29, 0.717) is 23.7 Å². The van der Waals surface area contributed by atoms with E-state index in [1.807, 2.05) is 0 Å². The summed E-state index contributed by atoms with van der Waals surface area (Å²) >= 11 is 0. The van der Waals surface area contributed by atoms with Crippen molar-refractivity contribution in [3.8, 4) is 12.3 Å². The molecule has 1 heteroatoms. The van der Waals surface area contributed by atoms with Crippen molar-refractivity contribution < 1.29 is 5.11 Å². The van der Waals surface area contributed by atoms with Gasteiger partial charge in [0.25, 0.3) is 0 Å². The van der Waals surface area contributed by atoms with Crippen LogP contribution >= 0.6 is 0 Å². The zero-order valence-electron chi connectivity index (χ0n) is 14.6. The summed E-state index contributed by atoms with van der Waals surface area (Å²) in [5.74, 6) is 6.01. The molecule has 1 nitrogen and oxygen atoms in total. The van der Waals surface area contributed by atoms with Gasteiger partial charge < -0.3 is 5.11 Å². The molecular formula is C22H30O. The molecule has 0 heterocycles. The number of hydrogen-bond acceptors (Lipinski definition) is 1. The molecule has 4 aliphatic carbocycles. The summed E-state index contributed by atoms with van der Waals surface area (Å²) in [5.41, 5.74) is 1.96. The van der Waals surface area contributed by atoms with Gasteiger partial charge in [-0.15, -0.1) is 6.42 Å². The predicted octanol–water partition coefficient (Wildman–Crippen LogP) is 4.73. The molecule has 0 unspecified atom stereocenters. The van der Waals surface area contributed by atoms with Crippen LogP contribution in [-0.4, -0.2) is 10.7 Å². The molecule has 0 aromatic heterocycles. The topological polar surface area (TPSA) is 20.2 Å². The number of allylic oxidation sites excluding steroid dienone is 3. The first-order chi connectivity index (χ1) is 10.9. The standard InChI is InChI=1S/C22H30O/c1-5-22(23)11-10-18-20-14(2)12-16-8-6-7-9-17(16)19(20)15(3)13-21(18,22)4/h1,8,14,17-20,23H,3,6-7,9-13H2,2,4H3/t14-,17+,18+,19-,20+,21+,22+/m1/s1. The summed E-state index contributed by atoms with van der Waals surface area (Å²) < 4.78 is 0. The number of terminal acetylenes is 1. The van der Waals surface area contributed by atoms with Crippen LogP contribution in [-0.2, 0) is 0 Å². The Kier molecular flexibility index (Phi) is 3.37. The van der Waals surface area contributed by atoms with E-state index in [4.69, 9.17) is 6.42 Å². The lowest BCUT2D eigenvalue weighted by atomic mass is 9.47. The van der Waals surface area contributed by atoms with Gasteiger partial charge in [0.05, 0.1) is 0 Å². The number of rotatable bonds is 0. The Morgan fingerprint density at radius 1 is 1.39 bits per heavy atom. The fraction of sp³-hybridized carbons (Fsp3) is 0.727. The Balaban J connectivity index is 1.77. The maximum Gasteiger partial charge on any atom is 0.131 e. The van der Waals surface area contributed by atoms with E-state index < -0.39 is 5.60 Å². The van der Waals surface area contributed by atoms with Crippen molar-refractivity contribution in [2.24, 2.45) is 35.0 Å². The minimum absolute atomic E-state index is 0.176. The SMILES string of the molecule is C#C[C@]1(O)CC[C@H]2[C@H]3[C@H](C(=C)C[C@@]21C)[C@H]1CCCC=C1C[C@H]3C. The van der Waals surface area contributed by atoms with Gasteiger partial charge in [-0.05, 0) is 74.5 Å². The fourth-order valence-electron chi connectivity index (χ4n) is 6.94. The maximum absolute atomic E-state index is 11.1. The second kappa shape index (κ2) is 5.00. The predicted molar refractivity (Wildman–Crippen MR) is 94.6 cm³/mol. The molecule has 1 N–H and O–H groups in total. The Labute approximate surface area is 141 Å². The minimum atomic E-state index is -0.937. The van der Waals surface area contributed by atoms with E-state index in [1.165, 1.54) is 31.3 Å². The van der Waals surface area contributed by atoms with E-state index in [-0.39, 0.29) is 5.41 Å².